The number of aliphatic imine (C=N–C) groups is 1. The topological polar surface area (TPSA) is 51.5 Å². The maximum Gasteiger partial charge on any atom is 0.349 e. The number of carbonyl (C=O) groups excluding carboxylic acids is 1. The van der Waals surface area contributed by atoms with Crippen LogP contribution >= 0.6 is 0 Å². The van der Waals surface area contributed by atoms with Crippen molar-refractivity contribution in [2.24, 2.45) is 4.99 Å². The Labute approximate surface area is 76.3 Å². The lowest BCUT2D eigenvalue weighted by Crippen LogP contribution is -2.04. The normalized spacial score (nSPS) is 10.2. The number of pyridine rings is 1. The second-order valence-corrected chi connectivity index (χ2v) is 2.22. The van der Waals surface area contributed by atoms with Gasteiger partial charge in [-0.15, -0.1) is 0 Å². The highest BCUT2D eigenvalue weighted by atomic mass is 16.5. The second-order valence-electron chi connectivity index (χ2n) is 2.22. The lowest BCUT2D eigenvalue weighted by molar-refractivity contribution is -0.134. The zero-order chi connectivity index (χ0) is 9.52. The smallest absolute Gasteiger partial charge is 0.349 e. The van der Waals surface area contributed by atoms with E-state index in [1.165, 1.54) is 0 Å². The van der Waals surface area contributed by atoms with Gasteiger partial charge in [-0.2, -0.15) is 0 Å². The Morgan fingerprint density at radius 3 is 3.23 bits per heavy atom. The molecule has 0 saturated carbocycles. The molecule has 0 amide bonds. The maximum absolute atomic E-state index is 10.8. The van der Waals surface area contributed by atoms with E-state index in [0.717, 1.165) is 6.21 Å². The van der Waals surface area contributed by atoms with E-state index in [9.17, 15) is 4.79 Å². The lowest BCUT2D eigenvalue weighted by atomic mass is 10.4. The van der Waals surface area contributed by atoms with Crippen LogP contribution in [0.15, 0.2) is 29.5 Å². The van der Waals surface area contributed by atoms with E-state index in [2.05, 4.69) is 14.7 Å². The maximum atomic E-state index is 10.8. The SMILES string of the molecule is CCOC(=O)C=Nc1cccnc1. The van der Waals surface area contributed by atoms with Gasteiger partial charge in [0.25, 0.3) is 0 Å². The van der Waals surface area contributed by atoms with Gasteiger partial charge in [0.05, 0.1) is 18.5 Å². The molecule has 0 aromatic carbocycles. The van der Waals surface area contributed by atoms with E-state index < -0.39 is 5.97 Å². The van der Waals surface area contributed by atoms with Crippen molar-refractivity contribution in [2.75, 3.05) is 6.61 Å². The van der Waals surface area contributed by atoms with Crippen molar-refractivity contribution in [2.45, 2.75) is 6.92 Å². The first-order valence-electron chi connectivity index (χ1n) is 3.93. The van der Waals surface area contributed by atoms with Gasteiger partial charge in [0.15, 0.2) is 0 Å². The van der Waals surface area contributed by atoms with Crippen LogP contribution in [0.5, 0.6) is 0 Å². The molecular weight excluding hydrogens is 168 g/mol. The van der Waals surface area contributed by atoms with E-state index in [0.29, 0.717) is 12.3 Å². The molecule has 0 spiro atoms. The van der Waals surface area contributed by atoms with Gasteiger partial charge in [-0.25, -0.2) is 9.79 Å². The summed E-state index contributed by atoms with van der Waals surface area (Å²) in [6.07, 6.45) is 4.35. The van der Waals surface area contributed by atoms with E-state index in [-0.39, 0.29) is 0 Å². The molecule has 0 aliphatic carbocycles. The Kier molecular flexibility index (Phi) is 3.63. The number of aromatic nitrogens is 1. The summed E-state index contributed by atoms with van der Waals surface area (Å²) in [5, 5.41) is 0. The average Bonchev–Trinajstić information content (AvgIpc) is 2.17. The van der Waals surface area contributed by atoms with Crippen molar-refractivity contribution in [1.82, 2.24) is 4.98 Å². The minimum atomic E-state index is -0.439. The van der Waals surface area contributed by atoms with Crippen LogP contribution in [0.25, 0.3) is 0 Å². The van der Waals surface area contributed by atoms with E-state index in [1.807, 2.05) is 0 Å². The predicted octanol–water partition coefficient (Wildman–Crippen LogP) is 1.35. The zero-order valence-corrected chi connectivity index (χ0v) is 7.30. The van der Waals surface area contributed by atoms with Gasteiger partial charge in [0.1, 0.15) is 6.21 Å². The molecule has 0 fully saturated rings. The fourth-order valence-corrected chi connectivity index (χ4v) is 0.737. The highest BCUT2D eigenvalue weighted by molar-refractivity contribution is 6.23. The van der Waals surface area contributed by atoms with E-state index in [1.54, 1.807) is 31.5 Å². The summed E-state index contributed by atoms with van der Waals surface area (Å²) in [6.45, 7) is 2.10. The highest BCUT2D eigenvalue weighted by Gasteiger charge is 1.93. The summed E-state index contributed by atoms with van der Waals surface area (Å²) in [4.78, 5) is 18.5. The second kappa shape index (κ2) is 5.03. The van der Waals surface area contributed by atoms with Gasteiger partial charge >= 0.3 is 5.97 Å². The Balaban J connectivity index is 2.54. The Hall–Kier alpha value is -1.71. The van der Waals surface area contributed by atoms with Gasteiger partial charge < -0.3 is 4.74 Å². The first-order chi connectivity index (χ1) is 6.33. The van der Waals surface area contributed by atoms with Crippen LogP contribution in [-0.2, 0) is 9.53 Å². The third kappa shape index (κ3) is 3.46. The van der Waals surface area contributed by atoms with Crippen LogP contribution in [0, 0.1) is 0 Å². The van der Waals surface area contributed by atoms with Gasteiger partial charge in [-0.3, -0.25) is 4.98 Å². The Morgan fingerprint density at radius 1 is 1.77 bits per heavy atom. The van der Waals surface area contributed by atoms with Crippen LogP contribution in [0.3, 0.4) is 0 Å². The van der Waals surface area contributed by atoms with Crippen LogP contribution < -0.4 is 0 Å². The van der Waals surface area contributed by atoms with E-state index >= 15 is 0 Å². The molecule has 4 heteroatoms. The summed E-state index contributed by atoms with van der Waals surface area (Å²) in [6, 6.07) is 3.50. The minimum Gasteiger partial charge on any atom is -0.462 e. The Bertz CT molecular complexity index is 296. The molecule has 0 atom stereocenters. The monoisotopic (exact) mass is 178 g/mol. The number of esters is 1. The average molecular weight is 178 g/mol. The lowest BCUT2D eigenvalue weighted by Gasteiger charge is -1.93. The van der Waals surface area contributed by atoms with Gasteiger partial charge in [-0.05, 0) is 19.1 Å². The molecule has 0 N–H and O–H groups in total. The summed E-state index contributed by atoms with van der Waals surface area (Å²) in [5.74, 6) is -0.439. The molecule has 0 saturated heterocycles. The van der Waals surface area contributed by atoms with Gasteiger partial charge in [0, 0.05) is 6.20 Å². The highest BCUT2D eigenvalue weighted by Crippen LogP contribution is 2.05. The van der Waals surface area contributed by atoms with Crippen molar-refractivity contribution in [3.8, 4) is 0 Å². The number of hydrogen-bond donors (Lipinski definition) is 0. The predicted molar refractivity (Wildman–Crippen MR) is 49.0 cm³/mol. The van der Waals surface area contributed by atoms with E-state index in [4.69, 9.17) is 0 Å². The molecule has 4 nitrogen and oxygen atoms in total. The largest absolute Gasteiger partial charge is 0.462 e. The fourth-order valence-electron chi connectivity index (χ4n) is 0.737. The van der Waals surface area contributed by atoms with Crippen LogP contribution in [0.2, 0.25) is 0 Å². The summed E-state index contributed by atoms with van der Waals surface area (Å²) >= 11 is 0. The summed E-state index contributed by atoms with van der Waals surface area (Å²) in [5.41, 5.74) is 0.635. The molecule has 1 aromatic rings. The van der Waals surface area contributed by atoms with Crippen molar-refractivity contribution in [3.63, 3.8) is 0 Å². The molecule has 13 heavy (non-hydrogen) atoms. The van der Waals surface area contributed by atoms with Crippen molar-refractivity contribution < 1.29 is 9.53 Å². The molecule has 68 valence electrons. The molecule has 0 bridgehead atoms. The molecular formula is C9H10N2O2. The van der Waals surface area contributed by atoms with Gasteiger partial charge in [-0.1, -0.05) is 0 Å². The van der Waals surface area contributed by atoms with Crippen molar-refractivity contribution >= 4 is 17.9 Å². The molecule has 0 aliphatic rings. The molecule has 0 radical (unpaired) electrons. The third-order valence-corrected chi connectivity index (χ3v) is 1.25. The summed E-state index contributed by atoms with van der Waals surface area (Å²) < 4.78 is 4.65. The number of nitrogens with zero attached hydrogens (tertiary/aromatic N) is 2. The standard InChI is InChI=1S/C9H10N2O2/c1-2-13-9(12)7-11-8-4-3-5-10-6-8/h3-7H,2H2,1H3. The van der Waals surface area contributed by atoms with Crippen molar-refractivity contribution in [3.05, 3.63) is 24.5 Å². The van der Waals surface area contributed by atoms with Crippen LogP contribution in [0.4, 0.5) is 5.69 Å². The minimum absolute atomic E-state index is 0.359. The molecule has 1 heterocycles. The van der Waals surface area contributed by atoms with Crippen molar-refractivity contribution in [1.29, 1.82) is 0 Å². The molecule has 0 unspecified atom stereocenters. The number of ether oxygens (including phenoxy) is 1. The quantitative estimate of drug-likeness (QED) is 0.518. The molecule has 1 aromatic heterocycles. The fraction of sp³-hybridized carbons (Fsp3) is 0.222. The number of rotatable bonds is 3. The molecule has 1 rings (SSSR count). The first kappa shape index (κ1) is 9.38. The molecule has 0 aliphatic heterocycles. The summed E-state index contributed by atoms with van der Waals surface area (Å²) in [7, 11) is 0. The zero-order valence-electron chi connectivity index (χ0n) is 7.30. The van der Waals surface area contributed by atoms with Crippen LogP contribution in [0.1, 0.15) is 6.92 Å². The first-order valence-corrected chi connectivity index (χ1v) is 3.93. The third-order valence-electron chi connectivity index (χ3n) is 1.25. The number of hydrogen-bond acceptors (Lipinski definition) is 4. The van der Waals surface area contributed by atoms with Gasteiger partial charge in [0.2, 0.25) is 0 Å². The Morgan fingerprint density at radius 2 is 2.62 bits per heavy atom. The number of carbonyl (C=O) groups is 1. The van der Waals surface area contributed by atoms with Crippen LogP contribution in [-0.4, -0.2) is 23.8 Å².